The summed E-state index contributed by atoms with van der Waals surface area (Å²) in [6, 6.07) is 26.0. The maximum Gasteiger partial charge on any atom is 0.0932 e. The molecule has 0 amide bonds. The van der Waals surface area contributed by atoms with Gasteiger partial charge in [0, 0.05) is 11.0 Å². The molecule has 4 aromatic rings. The molecule has 0 saturated carbocycles. The van der Waals surface area contributed by atoms with E-state index in [4.69, 9.17) is 0 Å². The summed E-state index contributed by atoms with van der Waals surface area (Å²) in [5.41, 5.74) is 1.75. The molecule has 0 fully saturated rings. The van der Waals surface area contributed by atoms with Crippen LogP contribution in [-0.4, -0.2) is 5.55 Å². The van der Waals surface area contributed by atoms with Crippen LogP contribution in [-0.2, 0) is 0 Å². The van der Waals surface area contributed by atoms with Crippen molar-refractivity contribution in [2.75, 3.05) is 0 Å². The van der Waals surface area contributed by atoms with Gasteiger partial charge in [-0.2, -0.15) is 5.10 Å². The highest BCUT2D eigenvalue weighted by molar-refractivity contribution is 8.81. The highest BCUT2D eigenvalue weighted by atomic mass is 33.1. The highest BCUT2D eigenvalue weighted by Crippen LogP contribution is 2.34. The minimum Gasteiger partial charge on any atom is -0.241 e. The summed E-state index contributed by atoms with van der Waals surface area (Å²) in [5, 5.41) is 11.7. The largest absolute Gasteiger partial charge is 0.241 e. The van der Waals surface area contributed by atoms with Gasteiger partial charge in [0.15, 0.2) is 0 Å². The van der Waals surface area contributed by atoms with Crippen LogP contribution in [0.25, 0.3) is 32.3 Å². The standard InChI is InChI=1S/C18H12.CH2N2S2/c1-2-8-14-13(7-1)15-9-3-4-11-17(15)18-12-6-5-10-16(14)18;1-2-3-5-4-1/h1-12H;1,3H. The van der Waals surface area contributed by atoms with E-state index in [1.54, 1.807) is 16.3 Å². The molecule has 0 bridgehead atoms. The molecule has 0 radical (unpaired) electrons. The van der Waals surface area contributed by atoms with Crippen LogP contribution < -0.4 is 4.83 Å². The fraction of sp³-hybridized carbons (Fsp3) is 0. The SMILES string of the molecule is C1=NNSS1.c1ccc2c(c1)c1ccccc1c1ccccc21. The molecular formula is C19H14N2S2. The van der Waals surface area contributed by atoms with Crippen molar-refractivity contribution >= 4 is 59.6 Å². The zero-order valence-electron chi connectivity index (χ0n) is 12.3. The average molecular weight is 334 g/mol. The Morgan fingerprint density at radius 1 is 0.565 bits per heavy atom. The van der Waals surface area contributed by atoms with Gasteiger partial charge < -0.3 is 0 Å². The number of benzene rings is 4. The number of nitrogens with one attached hydrogen (secondary N) is 1. The molecule has 23 heavy (non-hydrogen) atoms. The quantitative estimate of drug-likeness (QED) is 0.243. The third kappa shape index (κ3) is 2.76. The van der Waals surface area contributed by atoms with Gasteiger partial charge in [-0.25, -0.2) is 4.83 Å². The van der Waals surface area contributed by atoms with E-state index < -0.39 is 0 Å². The van der Waals surface area contributed by atoms with Crippen LogP contribution in [0.1, 0.15) is 0 Å². The molecule has 4 aromatic carbocycles. The molecule has 0 aliphatic carbocycles. The Bertz CT molecular complexity index is 785. The lowest BCUT2D eigenvalue weighted by Gasteiger charge is -2.09. The predicted octanol–water partition coefficient (Wildman–Crippen LogP) is 5.98. The highest BCUT2D eigenvalue weighted by Gasteiger charge is 2.06. The minimum atomic E-state index is 1.34. The van der Waals surface area contributed by atoms with E-state index in [0.717, 1.165) is 0 Å². The molecule has 1 aliphatic rings. The summed E-state index contributed by atoms with van der Waals surface area (Å²) in [7, 11) is 3.11. The Labute approximate surface area is 142 Å². The van der Waals surface area contributed by atoms with Crippen molar-refractivity contribution < 1.29 is 0 Å². The number of hydrogen-bond donors (Lipinski definition) is 1. The molecule has 0 aromatic heterocycles. The van der Waals surface area contributed by atoms with Gasteiger partial charge in [-0.05, 0) is 43.1 Å². The Hall–Kier alpha value is -2.17. The van der Waals surface area contributed by atoms with Crippen molar-refractivity contribution in [2.45, 2.75) is 0 Å². The summed E-state index contributed by atoms with van der Waals surface area (Å²) in [6.45, 7) is 0. The number of fused-ring (bicyclic) bond motifs is 6. The Kier molecular flexibility index (Phi) is 4.09. The lowest BCUT2D eigenvalue weighted by Crippen LogP contribution is -1.81. The number of rotatable bonds is 0. The summed E-state index contributed by atoms with van der Waals surface area (Å²) >= 11 is 0. The summed E-state index contributed by atoms with van der Waals surface area (Å²) in [5.74, 6) is 0. The average Bonchev–Trinajstić information content (AvgIpc) is 3.22. The van der Waals surface area contributed by atoms with Crippen LogP contribution in [0.15, 0.2) is 77.9 Å². The minimum absolute atomic E-state index is 1.34. The number of hydrazone groups is 1. The third-order valence-electron chi connectivity index (χ3n) is 3.89. The monoisotopic (exact) mass is 334 g/mol. The van der Waals surface area contributed by atoms with Gasteiger partial charge in [0.25, 0.3) is 0 Å². The Morgan fingerprint density at radius 3 is 1.09 bits per heavy atom. The van der Waals surface area contributed by atoms with E-state index in [2.05, 4.69) is 82.7 Å². The van der Waals surface area contributed by atoms with Crippen LogP contribution in [0.3, 0.4) is 0 Å². The van der Waals surface area contributed by atoms with Crippen molar-refractivity contribution in [3.8, 4) is 0 Å². The lowest BCUT2D eigenvalue weighted by atomic mass is 9.95. The van der Waals surface area contributed by atoms with Crippen LogP contribution in [0.5, 0.6) is 0 Å². The number of nitrogens with zero attached hydrogens (tertiary/aromatic N) is 1. The first-order valence-electron chi connectivity index (χ1n) is 7.32. The predicted molar refractivity (Wildman–Crippen MR) is 106 cm³/mol. The molecular weight excluding hydrogens is 320 g/mol. The maximum atomic E-state index is 3.63. The molecule has 1 aliphatic heterocycles. The van der Waals surface area contributed by atoms with E-state index >= 15 is 0 Å². The Morgan fingerprint density at radius 2 is 0.913 bits per heavy atom. The fourth-order valence-corrected chi connectivity index (χ4v) is 3.83. The van der Waals surface area contributed by atoms with Gasteiger partial charge in [0.05, 0.1) is 5.55 Å². The van der Waals surface area contributed by atoms with Crippen molar-refractivity contribution in [3.63, 3.8) is 0 Å². The van der Waals surface area contributed by atoms with Crippen molar-refractivity contribution in [1.82, 2.24) is 4.83 Å². The first kappa shape index (κ1) is 14.4. The lowest BCUT2D eigenvalue weighted by molar-refractivity contribution is 1.15. The van der Waals surface area contributed by atoms with Gasteiger partial charge in [-0.1, -0.05) is 72.8 Å². The molecule has 2 nitrogen and oxygen atoms in total. The summed E-state index contributed by atoms with van der Waals surface area (Å²) < 4.78 is 0. The van der Waals surface area contributed by atoms with Crippen LogP contribution in [0, 0.1) is 0 Å². The van der Waals surface area contributed by atoms with Crippen molar-refractivity contribution in [3.05, 3.63) is 72.8 Å². The molecule has 1 N–H and O–H groups in total. The molecule has 0 saturated heterocycles. The molecule has 112 valence electrons. The van der Waals surface area contributed by atoms with Gasteiger partial charge in [-0.3, -0.25) is 0 Å². The second kappa shape index (κ2) is 6.52. The number of hydrogen-bond acceptors (Lipinski definition) is 4. The van der Waals surface area contributed by atoms with Crippen LogP contribution in [0.4, 0.5) is 0 Å². The Balaban J connectivity index is 0.000000233. The summed E-state index contributed by atoms with van der Waals surface area (Å²) in [4.78, 5) is 2.67. The van der Waals surface area contributed by atoms with E-state index in [-0.39, 0.29) is 0 Å². The first-order chi connectivity index (χ1) is 11.4. The smallest absolute Gasteiger partial charge is 0.0932 e. The maximum absolute atomic E-state index is 3.63. The fourth-order valence-electron chi connectivity index (χ4n) is 2.97. The second-order valence-corrected chi connectivity index (χ2v) is 6.97. The van der Waals surface area contributed by atoms with Crippen molar-refractivity contribution in [2.24, 2.45) is 5.10 Å². The van der Waals surface area contributed by atoms with E-state index in [0.29, 0.717) is 0 Å². The molecule has 0 spiro atoms. The van der Waals surface area contributed by atoms with Gasteiger partial charge >= 0.3 is 0 Å². The van der Waals surface area contributed by atoms with Crippen molar-refractivity contribution in [1.29, 1.82) is 0 Å². The first-order valence-corrected chi connectivity index (χ1v) is 9.53. The molecule has 0 atom stereocenters. The van der Waals surface area contributed by atoms with Gasteiger partial charge in [-0.15, -0.1) is 0 Å². The van der Waals surface area contributed by atoms with Gasteiger partial charge in [0.2, 0.25) is 0 Å². The molecule has 5 rings (SSSR count). The molecule has 0 unspecified atom stereocenters. The van der Waals surface area contributed by atoms with E-state index in [1.807, 2.05) is 0 Å². The topological polar surface area (TPSA) is 24.4 Å². The van der Waals surface area contributed by atoms with E-state index in [9.17, 15) is 0 Å². The third-order valence-corrected chi connectivity index (χ3v) is 5.12. The zero-order valence-corrected chi connectivity index (χ0v) is 13.9. The van der Waals surface area contributed by atoms with E-state index in [1.165, 1.54) is 43.3 Å². The second-order valence-electron chi connectivity index (χ2n) is 5.14. The normalized spacial score (nSPS) is 13.0. The molecule has 1 heterocycles. The zero-order chi connectivity index (χ0) is 15.5. The molecule has 4 heteroatoms. The van der Waals surface area contributed by atoms with Gasteiger partial charge in [0.1, 0.15) is 0 Å². The summed E-state index contributed by atoms with van der Waals surface area (Å²) in [6.07, 6.45) is 0. The van der Waals surface area contributed by atoms with Crippen LogP contribution >= 0.6 is 21.8 Å². The van der Waals surface area contributed by atoms with Crippen LogP contribution in [0.2, 0.25) is 0 Å².